The van der Waals surface area contributed by atoms with Gasteiger partial charge in [-0.15, -0.1) is 0 Å². The molecule has 0 unspecified atom stereocenters. The summed E-state index contributed by atoms with van der Waals surface area (Å²) < 4.78 is 0. The third-order valence-corrected chi connectivity index (χ3v) is 4.94. The Balaban J connectivity index is 1.90. The van der Waals surface area contributed by atoms with E-state index in [1.807, 2.05) is 45.0 Å². The predicted molar refractivity (Wildman–Crippen MR) is 104 cm³/mol. The molecule has 0 radical (unpaired) electrons. The average molecular weight is 347 g/mol. The molecule has 1 aliphatic rings. The Morgan fingerprint density at radius 2 is 2.08 bits per heavy atom. The summed E-state index contributed by atoms with van der Waals surface area (Å²) in [7, 11) is 0. The molecule has 0 saturated carbocycles. The number of nitrogens with zero attached hydrogens (tertiary/aromatic N) is 2. The first kappa shape index (κ1) is 18.5. The number of hydrazone groups is 1. The van der Waals surface area contributed by atoms with Gasteiger partial charge < -0.3 is 5.32 Å². The summed E-state index contributed by atoms with van der Waals surface area (Å²) in [5.41, 5.74) is 5.39. The first-order valence-corrected chi connectivity index (χ1v) is 9.27. The normalized spacial score (nSPS) is 17.8. The lowest BCUT2D eigenvalue weighted by Gasteiger charge is -2.08. The van der Waals surface area contributed by atoms with Crippen molar-refractivity contribution in [3.05, 3.63) is 29.8 Å². The first-order chi connectivity index (χ1) is 11.5. The predicted octanol–water partition coefficient (Wildman–Crippen LogP) is 3.87. The van der Waals surface area contributed by atoms with E-state index in [0.717, 1.165) is 35.1 Å². The molecule has 0 aliphatic carbocycles. The highest BCUT2D eigenvalue weighted by atomic mass is 32.2. The van der Waals surface area contributed by atoms with Crippen molar-refractivity contribution in [1.82, 2.24) is 5.43 Å². The van der Waals surface area contributed by atoms with Crippen LogP contribution < -0.4 is 10.7 Å². The van der Waals surface area contributed by atoms with Crippen molar-refractivity contribution in [2.75, 3.05) is 11.9 Å². The molecule has 24 heavy (non-hydrogen) atoms. The Bertz CT molecular complexity index is 622. The van der Waals surface area contributed by atoms with Crippen molar-refractivity contribution in [2.24, 2.45) is 16.0 Å². The fourth-order valence-electron chi connectivity index (χ4n) is 2.24. The molecule has 1 atom stereocenters. The van der Waals surface area contributed by atoms with Gasteiger partial charge >= 0.3 is 0 Å². The third kappa shape index (κ3) is 5.67. The topological polar surface area (TPSA) is 65.8 Å². The molecular formula is C18H26N4OS. The highest BCUT2D eigenvalue weighted by molar-refractivity contribution is 8.15. The van der Waals surface area contributed by atoms with Gasteiger partial charge in [-0.3, -0.25) is 9.79 Å². The monoisotopic (exact) mass is 346 g/mol. The molecule has 5 nitrogen and oxygen atoms in total. The van der Waals surface area contributed by atoms with E-state index in [1.165, 1.54) is 0 Å². The zero-order chi connectivity index (χ0) is 17.5. The summed E-state index contributed by atoms with van der Waals surface area (Å²) in [6, 6.07) is 8.00. The average Bonchev–Trinajstić information content (AvgIpc) is 3.00. The standard InChI is InChI=1S/C18H26N4OS/c1-5-16-11-19-18(24-16)20-15-8-6-14(7-9-15)13(4)21-22-17(23)10-12(2)3/h6-9,12,16H,5,10-11H2,1-4H3,(H,19,20)(H,22,23)/b21-13-/t16-/m0/s1. The summed E-state index contributed by atoms with van der Waals surface area (Å²) in [6.07, 6.45) is 1.62. The fourth-order valence-corrected chi connectivity index (χ4v) is 3.20. The van der Waals surface area contributed by atoms with Gasteiger partial charge in [-0.1, -0.05) is 44.7 Å². The zero-order valence-corrected chi connectivity index (χ0v) is 15.6. The van der Waals surface area contributed by atoms with Crippen LogP contribution in [0.4, 0.5) is 5.69 Å². The van der Waals surface area contributed by atoms with Crippen LogP contribution in [0.2, 0.25) is 0 Å². The summed E-state index contributed by atoms with van der Waals surface area (Å²) in [5.74, 6) is 0.277. The van der Waals surface area contributed by atoms with Gasteiger partial charge in [0.2, 0.25) is 5.91 Å². The Hall–Kier alpha value is -1.82. The van der Waals surface area contributed by atoms with E-state index >= 15 is 0 Å². The number of thioether (sulfide) groups is 1. The van der Waals surface area contributed by atoms with Gasteiger partial charge in [0.25, 0.3) is 0 Å². The number of amidine groups is 1. The van der Waals surface area contributed by atoms with Gasteiger partial charge in [0.15, 0.2) is 5.17 Å². The van der Waals surface area contributed by atoms with E-state index in [1.54, 1.807) is 11.8 Å². The number of hydrogen-bond acceptors (Lipinski definition) is 5. The maximum atomic E-state index is 11.6. The second-order valence-electron chi connectivity index (χ2n) is 6.33. The van der Waals surface area contributed by atoms with Crippen LogP contribution in [-0.4, -0.2) is 28.6 Å². The maximum absolute atomic E-state index is 11.6. The smallest absolute Gasteiger partial charge is 0.240 e. The van der Waals surface area contributed by atoms with Gasteiger partial charge in [0, 0.05) is 17.4 Å². The fraction of sp³-hybridized carbons (Fsp3) is 0.500. The van der Waals surface area contributed by atoms with E-state index in [-0.39, 0.29) is 5.91 Å². The number of aliphatic imine (C=N–C) groups is 1. The molecule has 0 aromatic heterocycles. The minimum Gasteiger partial charge on any atom is -0.335 e. The van der Waals surface area contributed by atoms with E-state index in [4.69, 9.17) is 0 Å². The number of hydrogen-bond donors (Lipinski definition) is 2. The van der Waals surface area contributed by atoms with Crippen LogP contribution in [0, 0.1) is 5.92 Å². The van der Waals surface area contributed by atoms with Crippen LogP contribution in [0.15, 0.2) is 34.4 Å². The molecule has 1 heterocycles. The lowest BCUT2D eigenvalue weighted by molar-refractivity contribution is -0.121. The van der Waals surface area contributed by atoms with Gasteiger partial charge in [0.1, 0.15) is 0 Å². The molecule has 1 aromatic rings. The number of anilines is 1. The summed E-state index contributed by atoms with van der Waals surface area (Å²) in [5, 5.41) is 9.10. The van der Waals surface area contributed by atoms with E-state index < -0.39 is 0 Å². The second-order valence-corrected chi connectivity index (χ2v) is 7.62. The highest BCUT2D eigenvalue weighted by Crippen LogP contribution is 2.24. The number of carbonyl (C=O) groups excluding carboxylic acids is 1. The number of nitrogens with one attached hydrogen (secondary N) is 2. The van der Waals surface area contributed by atoms with Gasteiger partial charge in [0.05, 0.1) is 12.3 Å². The van der Waals surface area contributed by atoms with Crippen molar-refractivity contribution in [1.29, 1.82) is 0 Å². The minimum atomic E-state index is -0.0515. The maximum Gasteiger partial charge on any atom is 0.240 e. The van der Waals surface area contributed by atoms with Crippen LogP contribution >= 0.6 is 11.8 Å². The Kier molecular flexibility index (Phi) is 6.85. The number of rotatable bonds is 6. The molecule has 0 saturated heterocycles. The molecule has 2 N–H and O–H groups in total. The Morgan fingerprint density at radius 1 is 1.38 bits per heavy atom. The SMILES string of the molecule is CC[C@H]1CN=C(Nc2ccc(/C(C)=N\NC(=O)CC(C)C)cc2)S1. The molecule has 1 amide bonds. The number of carbonyl (C=O) groups is 1. The van der Waals surface area contributed by atoms with Gasteiger partial charge in [-0.25, -0.2) is 5.43 Å². The Morgan fingerprint density at radius 3 is 2.67 bits per heavy atom. The Labute approximate surface area is 148 Å². The molecular weight excluding hydrogens is 320 g/mol. The van der Waals surface area contributed by atoms with Crippen LogP contribution in [0.5, 0.6) is 0 Å². The van der Waals surface area contributed by atoms with Gasteiger partial charge in [-0.2, -0.15) is 5.10 Å². The lowest BCUT2D eigenvalue weighted by atomic mass is 10.1. The molecule has 0 spiro atoms. The first-order valence-electron chi connectivity index (χ1n) is 8.39. The van der Waals surface area contributed by atoms with Crippen molar-refractivity contribution in [3.63, 3.8) is 0 Å². The molecule has 2 rings (SSSR count). The van der Waals surface area contributed by atoms with Crippen LogP contribution in [0.1, 0.15) is 46.1 Å². The van der Waals surface area contributed by atoms with Crippen molar-refractivity contribution < 1.29 is 4.79 Å². The van der Waals surface area contributed by atoms with Crippen LogP contribution in [0.25, 0.3) is 0 Å². The van der Waals surface area contributed by atoms with Crippen molar-refractivity contribution in [2.45, 2.75) is 45.8 Å². The second kappa shape index (κ2) is 8.87. The summed E-state index contributed by atoms with van der Waals surface area (Å²) >= 11 is 1.80. The summed E-state index contributed by atoms with van der Waals surface area (Å²) in [6.45, 7) is 8.99. The van der Waals surface area contributed by atoms with Gasteiger partial charge in [-0.05, 0) is 37.0 Å². The van der Waals surface area contributed by atoms with Crippen LogP contribution in [-0.2, 0) is 4.79 Å². The lowest BCUT2D eigenvalue weighted by Crippen LogP contribution is -2.20. The molecule has 6 heteroatoms. The molecule has 0 bridgehead atoms. The largest absolute Gasteiger partial charge is 0.335 e. The van der Waals surface area contributed by atoms with E-state index in [2.05, 4.69) is 27.8 Å². The minimum absolute atomic E-state index is 0.0515. The van der Waals surface area contributed by atoms with E-state index in [9.17, 15) is 4.79 Å². The van der Waals surface area contributed by atoms with Crippen LogP contribution in [0.3, 0.4) is 0 Å². The van der Waals surface area contributed by atoms with Crippen molar-refractivity contribution >= 4 is 34.2 Å². The molecule has 0 fully saturated rings. The highest BCUT2D eigenvalue weighted by Gasteiger charge is 2.17. The zero-order valence-electron chi connectivity index (χ0n) is 14.8. The third-order valence-electron chi connectivity index (χ3n) is 3.67. The van der Waals surface area contributed by atoms with Crippen molar-refractivity contribution in [3.8, 4) is 0 Å². The number of benzene rings is 1. The molecule has 1 aliphatic heterocycles. The number of amides is 1. The quantitative estimate of drug-likeness (QED) is 0.607. The molecule has 130 valence electrons. The molecule has 1 aromatic carbocycles. The van der Waals surface area contributed by atoms with E-state index in [0.29, 0.717) is 17.6 Å². The summed E-state index contributed by atoms with van der Waals surface area (Å²) in [4.78, 5) is 16.2.